The molecule has 5 nitrogen and oxygen atoms in total. The molecule has 0 aliphatic carbocycles. The third kappa shape index (κ3) is 5.68. The molecule has 1 aromatic rings. The van der Waals surface area contributed by atoms with Crippen LogP contribution in [0.25, 0.3) is 0 Å². The number of ether oxygens (including phenoxy) is 1. The predicted octanol–water partition coefficient (Wildman–Crippen LogP) is 2.67. The first-order chi connectivity index (χ1) is 9.37. The quantitative estimate of drug-likeness (QED) is 0.548. The van der Waals surface area contributed by atoms with Crippen LogP contribution in [-0.2, 0) is 10.0 Å². The van der Waals surface area contributed by atoms with Gasteiger partial charge in [0.1, 0.15) is 5.75 Å². The molecule has 114 valence electrons. The van der Waals surface area contributed by atoms with Gasteiger partial charge in [-0.3, -0.25) is 4.72 Å². The van der Waals surface area contributed by atoms with Gasteiger partial charge in [-0.25, -0.2) is 8.42 Å². The fraction of sp³-hybridized carbons (Fsp3) is 0.538. The highest BCUT2D eigenvalue weighted by Gasteiger charge is 2.13. The lowest BCUT2D eigenvalue weighted by atomic mass is 10.1. The number of nitrogens with one attached hydrogen (secondary N) is 1. The lowest BCUT2D eigenvalue weighted by Gasteiger charge is -2.15. The summed E-state index contributed by atoms with van der Waals surface area (Å²) in [4.78, 5) is 0. The minimum absolute atomic E-state index is 0.348. The number of aliphatic hydroxyl groups is 1. The van der Waals surface area contributed by atoms with Crippen molar-refractivity contribution in [3.05, 3.63) is 23.8 Å². The second kappa shape index (κ2) is 7.85. The van der Waals surface area contributed by atoms with Crippen LogP contribution in [0.15, 0.2) is 18.2 Å². The van der Waals surface area contributed by atoms with Crippen LogP contribution in [0.5, 0.6) is 5.75 Å². The van der Waals surface area contributed by atoms with Crippen LogP contribution < -0.4 is 9.46 Å². The molecule has 0 spiro atoms. The molecule has 0 unspecified atom stereocenters. The van der Waals surface area contributed by atoms with Crippen molar-refractivity contribution in [2.24, 2.45) is 0 Å². The fourth-order valence-corrected chi connectivity index (χ4v) is 2.51. The number of aliphatic hydroxyl groups excluding tert-OH is 1. The van der Waals surface area contributed by atoms with Gasteiger partial charge in [0.25, 0.3) is 0 Å². The van der Waals surface area contributed by atoms with Crippen molar-refractivity contribution in [3.8, 4) is 5.75 Å². The summed E-state index contributed by atoms with van der Waals surface area (Å²) in [5.41, 5.74) is 0.969. The van der Waals surface area contributed by atoms with Gasteiger partial charge in [0.15, 0.2) is 0 Å². The van der Waals surface area contributed by atoms with Crippen LogP contribution in [0.3, 0.4) is 0 Å². The SMILES string of the molecule is CCCCOc1ccc([C@@H](O)CBr)cc1NS(C)(=O)=O. The maximum absolute atomic E-state index is 11.4. The summed E-state index contributed by atoms with van der Waals surface area (Å²) in [6, 6.07) is 4.99. The van der Waals surface area contributed by atoms with E-state index in [0.717, 1.165) is 19.1 Å². The Bertz CT molecular complexity index is 533. The second-order valence-electron chi connectivity index (χ2n) is 4.50. The van der Waals surface area contributed by atoms with Gasteiger partial charge in [-0.05, 0) is 24.1 Å². The van der Waals surface area contributed by atoms with E-state index in [0.29, 0.717) is 28.9 Å². The molecular weight excluding hydrogens is 346 g/mol. The van der Waals surface area contributed by atoms with Crippen molar-refractivity contribution >= 4 is 31.6 Å². The minimum Gasteiger partial charge on any atom is -0.491 e. The summed E-state index contributed by atoms with van der Waals surface area (Å²) >= 11 is 3.19. The molecule has 0 saturated carbocycles. The molecule has 0 saturated heterocycles. The molecule has 1 rings (SSSR count). The predicted molar refractivity (Wildman–Crippen MR) is 84.1 cm³/mol. The van der Waals surface area contributed by atoms with Crippen molar-refractivity contribution in [2.45, 2.75) is 25.9 Å². The molecule has 20 heavy (non-hydrogen) atoms. The Kier molecular flexibility index (Phi) is 6.78. The number of rotatable bonds is 8. The van der Waals surface area contributed by atoms with Gasteiger partial charge >= 0.3 is 0 Å². The van der Waals surface area contributed by atoms with Gasteiger partial charge in [0, 0.05) is 5.33 Å². The van der Waals surface area contributed by atoms with E-state index in [4.69, 9.17) is 4.74 Å². The molecule has 1 atom stereocenters. The van der Waals surface area contributed by atoms with E-state index in [-0.39, 0.29) is 0 Å². The Hall–Kier alpha value is -0.790. The molecule has 2 N–H and O–H groups in total. The number of hydrogen-bond donors (Lipinski definition) is 2. The largest absolute Gasteiger partial charge is 0.491 e. The van der Waals surface area contributed by atoms with Gasteiger partial charge in [0.2, 0.25) is 10.0 Å². The summed E-state index contributed by atoms with van der Waals surface area (Å²) in [7, 11) is -3.40. The molecule has 1 aromatic carbocycles. The number of anilines is 1. The van der Waals surface area contributed by atoms with Crippen LogP contribution in [0, 0.1) is 0 Å². The van der Waals surface area contributed by atoms with Crippen LogP contribution in [0.4, 0.5) is 5.69 Å². The molecule has 0 aliphatic heterocycles. The number of benzene rings is 1. The Morgan fingerprint density at radius 3 is 2.70 bits per heavy atom. The van der Waals surface area contributed by atoms with Gasteiger partial charge in [-0.15, -0.1) is 0 Å². The molecule has 0 fully saturated rings. The van der Waals surface area contributed by atoms with E-state index in [2.05, 4.69) is 27.6 Å². The van der Waals surface area contributed by atoms with E-state index in [1.54, 1.807) is 18.2 Å². The maximum Gasteiger partial charge on any atom is 0.229 e. The van der Waals surface area contributed by atoms with Crippen molar-refractivity contribution in [2.75, 3.05) is 22.9 Å². The van der Waals surface area contributed by atoms with Gasteiger partial charge in [0.05, 0.1) is 24.7 Å². The van der Waals surface area contributed by atoms with Gasteiger partial charge in [-0.2, -0.15) is 0 Å². The molecule has 7 heteroatoms. The van der Waals surface area contributed by atoms with Crippen LogP contribution in [0.1, 0.15) is 31.4 Å². The molecule has 0 aliphatic rings. The zero-order chi connectivity index (χ0) is 15.2. The monoisotopic (exact) mass is 365 g/mol. The third-order valence-corrected chi connectivity index (χ3v) is 3.79. The highest BCUT2D eigenvalue weighted by atomic mass is 79.9. The average molecular weight is 366 g/mol. The van der Waals surface area contributed by atoms with Crippen LogP contribution in [-0.4, -0.2) is 31.7 Å². The number of sulfonamides is 1. The number of halogens is 1. The van der Waals surface area contributed by atoms with Crippen molar-refractivity contribution < 1.29 is 18.3 Å². The zero-order valence-electron chi connectivity index (χ0n) is 11.6. The zero-order valence-corrected chi connectivity index (χ0v) is 14.0. The van der Waals surface area contributed by atoms with Gasteiger partial charge < -0.3 is 9.84 Å². The number of hydrogen-bond acceptors (Lipinski definition) is 4. The first-order valence-corrected chi connectivity index (χ1v) is 9.37. The Morgan fingerprint density at radius 2 is 2.15 bits per heavy atom. The summed E-state index contributed by atoms with van der Waals surface area (Å²) < 4.78 is 30.8. The minimum atomic E-state index is -3.40. The summed E-state index contributed by atoms with van der Waals surface area (Å²) in [5.74, 6) is 0.467. The fourth-order valence-electron chi connectivity index (χ4n) is 1.58. The highest BCUT2D eigenvalue weighted by molar-refractivity contribution is 9.09. The lowest BCUT2D eigenvalue weighted by molar-refractivity contribution is 0.205. The topological polar surface area (TPSA) is 75.6 Å². The first kappa shape index (κ1) is 17.3. The summed E-state index contributed by atoms with van der Waals surface area (Å²) in [5, 5.41) is 10.2. The number of alkyl halides is 1. The standard InChI is InChI=1S/C13H20BrNO4S/c1-3-4-7-19-13-6-5-10(12(16)9-14)8-11(13)15-20(2,17)18/h5-6,8,12,15-16H,3-4,7,9H2,1-2H3/t12-/m0/s1. The molecule has 0 amide bonds. The maximum atomic E-state index is 11.4. The highest BCUT2D eigenvalue weighted by Crippen LogP contribution is 2.29. The molecular formula is C13H20BrNO4S. The van der Waals surface area contributed by atoms with Crippen molar-refractivity contribution in [3.63, 3.8) is 0 Å². The third-order valence-electron chi connectivity index (χ3n) is 2.59. The number of unbranched alkanes of at least 4 members (excludes halogenated alkanes) is 1. The Morgan fingerprint density at radius 1 is 1.45 bits per heavy atom. The lowest BCUT2D eigenvalue weighted by Crippen LogP contribution is -2.12. The van der Waals surface area contributed by atoms with Crippen LogP contribution in [0.2, 0.25) is 0 Å². The van der Waals surface area contributed by atoms with Gasteiger partial charge in [-0.1, -0.05) is 35.3 Å². The normalized spacial score (nSPS) is 13.0. The Balaban J connectivity index is 3.03. The van der Waals surface area contributed by atoms with Crippen molar-refractivity contribution in [1.29, 1.82) is 0 Å². The van der Waals surface area contributed by atoms with E-state index < -0.39 is 16.1 Å². The van der Waals surface area contributed by atoms with Crippen molar-refractivity contribution in [1.82, 2.24) is 0 Å². The molecule has 0 aromatic heterocycles. The summed E-state index contributed by atoms with van der Waals surface area (Å²) in [6.07, 6.45) is 2.27. The van der Waals surface area contributed by atoms with E-state index >= 15 is 0 Å². The molecule has 0 heterocycles. The summed E-state index contributed by atoms with van der Waals surface area (Å²) in [6.45, 7) is 2.57. The second-order valence-corrected chi connectivity index (χ2v) is 6.90. The Labute approximate surface area is 128 Å². The first-order valence-electron chi connectivity index (χ1n) is 6.36. The van der Waals surface area contributed by atoms with E-state index in [1.807, 2.05) is 0 Å². The van der Waals surface area contributed by atoms with E-state index in [9.17, 15) is 13.5 Å². The average Bonchev–Trinajstić information content (AvgIpc) is 2.38. The molecule has 0 radical (unpaired) electrons. The van der Waals surface area contributed by atoms with Crippen LogP contribution >= 0.6 is 15.9 Å². The van der Waals surface area contributed by atoms with E-state index in [1.165, 1.54) is 0 Å². The smallest absolute Gasteiger partial charge is 0.229 e. The molecule has 0 bridgehead atoms.